The van der Waals surface area contributed by atoms with E-state index in [0.717, 1.165) is 6.08 Å². The van der Waals surface area contributed by atoms with E-state index < -0.39 is 18.3 Å². The zero-order valence-electron chi connectivity index (χ0n) is 7.89. The number of nitrogens with zero attached hydrogens (tertiary/aromatic N) is 2. The molecule has 0 radical (unpaired) electrons. The molecular weight excluding hydrogens is 200 g/mol. The number of hydrogen-bond acceptors (Lipinski definition) is 5. The molecule has 2 N–H and O–H groups in total. The Hall–Kier alpha value is -2.47. The number of aliphatic carboxylic acids is 1. The summed E-state index contributed by atoms with van der Waals surface area (Å²) in [6.45, 7) is 0. The van der Waals surface area contributed by atoms with Gasteiger partial charge in [-0.15, -0.1) is 0 Å². The molecule has 0 rings (SSSR count). The first-order valence-corrected chi connectivity index (χ1v) is 3.75. The fourth-order valence-electron chi connectivity index (χ4n) is 0.751. The van der Waals surface area contributed by atoms with E-state index >= 15 is 0 Å². The first kappa shape index (κ1) is 12.5. The van der Waals surface area contributed by atoms with Crippen LogP contribution in [-0.2, 0) is 9.53 Å². The molecule has 0 saturated carbocycles. The van der Waals surface area contributed by atoms with E-state index in [1.807, 2.05) is 0 Å². The van der Waals surface area contributed by atoms with E-state index in [0.29, 0.717) is 0 Å². The van der Waals surface area contributed by atoms with Crippen LogP contribution in [0.15, 0.2) is 23.2 Å². The average Bonchev–Trinajstić information content (AvgIpc) is 2.18. The fraction of sp³-hybridized carbons (Fsp3) is 0.222. The molecule has 0 bridgehead atoms. The number of allylic oxidation sites excluding steroid dienone is 2. The summed E-state index contributed by atoms with van der Waals surface area (Å²) in [7, 11) is 1.17. The first-order valence-electron chi connectivity index (χ1n) is 3.75. The highest BCUT2D eigenvalue weighted by molar-refractivity contribution is 5.72. The molecule has 0 unspecified atom stereocenters. The van der Waals surface area contributed by atoms with Crippen LogP contribution >= 0.6 is 0 Å². The van der Waals surface area contributed by atoms with Crippen molar-refractivity contribution < 1.29 is 19.7 Å². The summed E-state index contributed by atoms with van der Waals surface area (Å²) in [6.07, 6.45) is 0.389. The summed E-state index contributed by atoms with van der Waals surface area (Å²) < 4.78 is 4.37. The largest absolute Gasteiger partial charge is 0.481 e. The van der Waals surface area contributed by atoms with E-state index in [1.165, 1.54) is 19.2 Å². The fourth-order valence-corrected chi connectivity index (χ4v) is 0.751. The van der Waals surface area contributed by atoms with Gasteiger partial charge >= 0.3 is 5.97 Å². The second-order valence-electron chi connectivity index (χ2n) is 2.38. The summed E-state index contributed by atoms with van der Waals surface area (Å²) in [5.74, 6) is -1.78. The normalized spacial score (nSPS) is 9.67. The maximum atomic E-state index is 10.4. The van der Waals surface area contributed by atoms with E-state index in [4.69, 9.17) is 20.7 Å². The highest BCUT2D eigenvalue weighted by Crippen LogP contribution is 2.12. The molecule has 0 aliphatic rings. The van der Waals surface area contributed by atoms with E-state index in [9.17, 15) is 4.79 Å². The summed E-state index contributed by atoms with van der Waals surface area (Å²) >= 11 is 0. The van der Waals surface area contributed by atoms with Crippen LogP contribution in [0.1, 0.15) is 6.42 Å². The number of carboxylic acid groups (broad SMARTS) is 1. The smallest absolute Gasteiger partial charge is 0.307 e. The molecule has 0 aromatic carbocycles. The van der Waals surface area contributed by atoms with Gasteiger partial charge in [-0.3, -0.25) is 4.79 Å². The summed E-state index contributed by atoms with van der Waals surface area (Å²) in [6, 6.07) is 3.06. The average molecular weight is 208 g/mol. The molecule has 0 aromatic heterocycles. The molecule has 0 atom stereocenters. The van der Waals surface area contributed by atoms with Crippen LogP contribution in [0.3, 0.4) is 0 Å². The SMILES string of the molecule is COC(O)=CC(CC(=O)O)=C(C#N)C#N. The van der Waals surface area contributed by atoms with Crippen molar-refractivity contribution in [3.63, 3.8) is 0 Å². The van der Waals surface area contributed by atoms with Gasteiger partial charge in [-0.25, -0.2) is 0 Å². The second-order valence-corrected chi connectivity index (χ2v) is 2.38. The van der Waals surface area contributed by atoms with Crippen molar-refractivity contribution in [2.75, 3.05) is 7.11 Å². The van der Waals surface area contributed by atoms with E-state index in [2.05, 4.69) is 4.74 Å². The topological polar surface area (TPSA) is 114 Å². The van der Waals surface area contributed by atoms with Gasteiger partial charge < -0.3 is 14.9 Å². The molecule has 0 aromatic rings. The van der Waals surface area contributed by atoms with Crippen molar-refractivity contribution in [3.05, 3.63) is 23.2 Å². The maximum Gasteiger partial charge on any atom is 0.307 e. The maximum absolute atomic E-state index is 10.4. The molecule has 0 spiro atoms. The summed E-state index contributed by atoms with van der Waals surface area (Å²) in [4.78, 5) is 10.4. The quantitative estimate of drug-likeness (QED) is 0.402. The Bertz CT molecular complexity index is 379. The monoisotopic (exact) mass is 208 g/mol. The third kappa shape index (κ3) is 4.34. The van der Waals surface area contributed by atoms with Crippen LogP contribution in [0.4, 0.5) is 0 Å². The lowest BCUT2D eigenvalue weighted by atomic mass is 10.1. The Kier molecular flexibility index (Phi) is 5.06. The van der Waals surface area contributed by atoms with Gasteiger partial charge in [-0.2, -0.15) is 10.5 Å². The van der Waals surface area contributed by atoms with Gasteiger partial charge in [0.1, 0.15) is 17.7 Å². The molecule has 0 heterocycles. The highest BCUT2D eigenvalue weighted by atomic mass is 16.6. The lowest BCUT2D eigenvalue weighted by Crippen LogP contribution is -1.99. The molecule has 0 fully saturated rings. The Morgan fingerprint density at radius 3 is 2.27 bits per heavy atom. The van der Waals surface area contributed by atoms with Crippen LogP contribution in [0.25, 0.3) is 0 Å². The van der Waals surface area contributed by atoms with Crippen molar-refractivity contribution in [2.45, 2.75) is 6.42 Å². The number of rotatable bonds is 4. The van der Waals surface area contributed by atoms with Crippen LogP contribution in [-0.4, -0.2) is 23.3 Å². The van der Waals surface area contributed by atoms with Gasteiger partial charge in [0.15, 0.2) is 0 Å². The zero-order valence-corrected chi connectivity index (χ0v) is 7.89. The number of carboxylic acids is 1. The third-order valence-electron chi connectivity index (χ3n) is 1.39. The lowest BCUT2D eigenvalue weighted by molar-refractivity contribution is -0.136. The van der Waals surface area contributed by atoms with Crippen molar-refractivity contribution in [2.24, 2.45) is 0 Å². The van der Waals surface area contributed by atoms with Crippen molar-refractivity contribution in [1.29, 1.82) is 10.5 Å². The van der Waals surface area contributed by atoms with Gasteiger partial charge in [-0.05, 0) is 5.57 Å². The minimum Gasteiger partial charge on any atom is -0.481 e. The summed E-state index contributed by atoms with van der Waals surface area (Å²) in [5.41, 5.74) is -0.479. The Labute approximate surface area is 85.9 Å². The third-order valence-corrected chi connectivity index (χ3v) is 1.39. The Morgan fingerprint density at radius 1 is 1.40 bits per heavy atom. The molecule has 6 nitrogen and oxygen atoms in total. The predicted octanol–water partition coefficient (Wildman–Crippen LogP) is 0.851. The molecule has 78 valence electrons. The van der Waals surface area contributed by atoms with Crippen molar-refractivity contribution >= 4 is 5.97 Å². The number of carbonyl (C=O) groups is 1. The number of methoxy groups -OCH3 is 1. The molecule has 15 heavy (non-hydrogen) atoms. The van der Waals surface area contributed by atoms with Crippen LogP contribution in [0, 0.1) is 22.7 Å². The van der Waals surface area contributed by atoms with Gasteiger partial charge in [0.2, 0.25) is 0 Å². The van der Waals surface area contributed by atoms with E-state index in [1.54, 1.807) is 0 Å². The number of ether oxygens (including phenoxy) is 1. The number of aliphatic hydroxyl groups excluding tert-OH is 1. The molecule has 0 saturated heterocycles. The molecule has 0 aliphatic carbocycles. The van der Waals surface area contributed by atoms with Gasteiger partial charge in [-0.1, -0.05) is 0 Å². The minimum atomic E-state index is -1.21. The van der Waals surface area contributed by atoms with Crippen molar-refractivity contribution in [1.82, 2.24) is 0 Å². The van der Waals surface area contributed by atoms with Crippen LogP contribution in [0.2, 0.25) is 0 Å². The zero-order chi connectivity index (χ0) is 11.8. The molecule has 0 aliphatic heterocycles. The first-order chi connectivity index (χ1) is 7.04. The second kappa shape index (κ2) is 6.06. The van der Waals surface area contributed by atoms with Gasteiger partial charge in [0.25, 0.3) is 5.95 Å². The van der Waals surface area contributed by atoms with Crippen LogP contribution in [0.5, 0.6) is 0 Å². The van der Waals surface area contributed by atoms with Crippen molar-refractivity contribution in [3.8, 4) is 12.1 Å². The number of hydrogen-bond donors (Lipinski definition) is 2. The highest BCUT2D eigenvalue weighted by Gasteiger charge is 2.10. The number of nitriles is 2. The standard InChI is InChI=1S/C9H8N2O4/c1-15-9(14)3-6(2-8(12)13)7(4-10)5-11/h3,14H,2H2,1H3,(H,12,13). The Morgan fingerprint density at radius 2 is 1.93 bits per heavy atom. The van der Waals surface area contributed by atoms with Crippen LogP contribution < -0.4 is 0 Å². The molecule has 0 amide bonds. The van der Waals surface area contributed by atoms with E-state index in [-0.39, 0.29) is 11.1 Å². The molecule has 6 heteroatoms. The predicted molar refractivity (Wildman–Crippen MR) is 48.2 cm³/mol. The van der Waals surface area contributed by atoms with Gasteiger partial charge in [0, 0.05) is 6.08 Å². The number of aliphatic hydroxyl groups is 1. The Balaban J connectivity index is 5.27. The summed E-state index contributed by atoms with van der Waals surface area (Å²) in [5, 5.41) is 34.5. The molecular formula is C9H8N2O4. The van der Waals surface area contributed by atoms with Gasteiger partial charge in [0.05, 0.1) is 13.5 Å². The minimum absolute atomic E-state index is 0.105. The lowest BCUT2D eigenvalue weighted by Gasteiger charge is -2.00.